The monoisotopic (exact) mass is 393 g/mol. The maximum atomic E-state index is 12.6. The van der Waals surface area contributed by atoms with Crippen LogP contribution in [-0.2, 0) is 11.0 Å². The summed E-state index contributed by atoms with van der Waals surface area (Å²) >= 11 is 0. The number of hydrogen-bond donors (Lipinski definition) is 0. The van der Waals surface area contributed by atoms with Crippen molar-refractivity contribution in [1.82, 2.24) is 9.88 Å². The van der Waals surface area contributed by atoms with Gasteiger partial charge in [-0.2, -0.15) is 13.2 Å². The summed E-state index contributed by atoms with van der Waals surface area (Å²) in [7, 11) is 0. The molecular formula is C20H22F3N3O2. The molecule has 28 heavy (non-hydrogen) atoms. The van der Waals surface area contributed by atoms with Crippen LogP contribution in [-0.4, -0.2) is 48.6 Å². The van der Waals surface area contributed by atoms with E-state index in [1.165, 1.54) is 6.07 Å². The van der Waals surface area contributed by atoms with Gasteiger partial charge in [0.05, 0.1) is 5.56 Å². The van der Waals surface area contributed by atoms with Crippen molar-refractivity contribution in [2.24, 2.45) is 0 Å². The van der Waals surface area contributed by atoms with E-state index in [1.54, 1.807) is 4.90 Å². The number of pyridine rings is 1. The van der Waals surface area contributed by atoms with E-state index in [1.807, 2.05) is 36.9 Å². The molecule has 5 nitrogen and oxygen atoms in total. The summed E-state index contributed by atoms with van der Waals surface area (Å²) in [6.45, 7) is 5.91. The van der Waals surface area contributed by atoms with Crippen molar-refractivity contribution in [3.8, 4) is 5.75 Å². The highest BCUT2D eigenvalue weighted by atomic mass is 19.4. The van der Waals surface area contributed by atoms with Gasteiger partial charge in [-0.3, -0.25) is 4.79 Å². The van der Waals surface area contributed by atoms with Crippen LogP contribution < -0.4 is 9.64 Å². The van der Waals surface area contributed by atoms with Crippen molar-refractivity contribution < 1.29 is 22.7 Å². The van der Waals surface area contributed by atoms with Crippen molar-refractivity contribution in [3.05, 3.63) is 53.2 Å². The Morgan fingerprint density at radius 3 is 2.36 bits per heavy atom. The molecule has 8 heteroatoms. The Morgan fingerprint density at radius 1 is 1.07 bits per heavy atom. The van der Waals surface area contributed by atoms with Crippen molar-refractivity contribution in [2.75, 3.05) is 37.7 Å². The smallest absolute Gasteiger partial charge is 0.417 e. The molecule has 0 unspecified atom stereocenters. The summed E-state index contributed by atoms with van der Waals surface area (Å²) in [5, 5.41) is 0. The molecule has 1 aromatic heterocycles. The summed E-state index contributed by atoms with van der Waals surface area (Å²) in [4.78, 5) is 19.8. The van der Waals surface area contributed by atoms with E-state index in [0.717, 1.165) is 23.4 Å². The number of aryl methyl sites for hydroxylation is 2. The van der Waals surface area contributed by atoms with E-state index in [4.69, 9.17) is 4.74 Å². The third-order valence-electron chi connectivity index (χ3n) is 4.87. The first-order valence-electron chi connectivity index (χ1n) is 9.00. The third kappa shape index (κ3) is 4.74. The number of alkyl halides is 3. The molecule has 1 fully saturated rings. The fourth-order valence-electron chi connectivity index (χ4n) is 2.97. The topological polar surface area (TPSA) is 45.7 Å². The molecular weight excluding hydrogens is 371 g/mol. The number of anilines is 1. The molecule has 150 valence electrons. The van der Waals surface area contributed by atoms with E-state index in [0.29, 0.717) is 37.7 Å². The van der Waals surface area contributed by atoms with E-state index >= 15 is 0 Å². The van der Waals surface area contributed by atoms with Crippen LogP contribution in [0.1, 0.15) is 16.7 Å². The van der Waals surface area contributed by atoms with Crippen LogP contribution in [0.2, 0.25) is 0 Å². The third-order valence-corrected chi connectivity index (χ3v) is 4.87. The Hall–Kier alpha value is -2.77. The number of nitrogens with zero attached hydrogens (tertiary/aromatic N) is 3. The quantitative estimate of drug-likeness (QED) is 0.798. The summed E-state index contributed by atoms with van der Waals surface area (Å²) in [5.41, 5.74) is 1.49. The molecule has 2 aromatic rings. The molecule has 0 aliphatic carbocycles. The molecule has 0 spiro atoms. The minimum Gasteiger partial charge on any atom is -0.484 e. The Bertz CT molecular complexity index is 830. The predicted octanol–water partition coefficient (Wildman–Crippen LogP) is 3.44. The van der Waals surface area contributed by atoms with Crippen LogP contribution in [0, 0.1) is 13.8 Å². The molecule has 0 bridgehead atoms. The summed E-state index contributed by atoms with van der Waals surface area (Å²) < 4.78 is 43.5. The minimum atomic E-state index is -4.40. The average Bonchev–Trinajstić information content (AvgIpc) is 2.68. The van der Waals surface area contributed by atoms with Crippen molar-refractivity contribution in [2.45, 2.75) is 20.0 Å². The summed E-state index contributed by atoms with van der Waals surface area (Å²) in [5.74, 6) is 1.02. The van der Waals surface area contributed by atoms with Crippen LogP contribution >= 0.6 is 0 Å². The zero-order valence-corrected chi connectivity index (χ0v) is 15.8. The zero-order valence-electron chi connectivity index (χ0n) is 15.8. The molecule has 1 saturated heterocycles. The number of amides is 1. The van der Waals surface area contributed by atoms with Crippen molar-refractivity contribution in [1.29, 1.82) is 0 Å². The first-order chi connectivity index (χ1) is 13.2. The second-order valence-corrected chi connectivity index (χ2v) is 6.81. The molecule has 0 atom stereocenters. The Labute approximate surface area is 161 Å². The van der Waals surface area contributed by atoms with Crippen LogP contribution in [0.5, 0.6) is 5.75 Å². The lowest BCUT2D eigenvalue weighted by Gasteiger charge is -2.35. The molecule has 1 aliphatic rings. The van der Waals surface area contributed by atoms with Crippen LogP contribution in [0.3, 0.4) is 0 Å². The van der Waals surface area contributed by atoms with E-state index in [9.17, 15) is 18.0 Å². The molecule has 1 amide bonds. The van der Waals surface area contributed by atoms with E-state index < -0.39 is 11.7 Å². The highest BCUT2D eigenvalue weighted by Gasteiger charge is 2.31. The van der Waals surface area contributed by atoms with Gasteiger partial charge in [-0.25, -0.2) is 4.98 Å². The predicted molar refractivity (Wildman–Crippen MR) is 99.4 cm³/mol. The molecule has 1 aromatic carbocycles. The second kappa shape index (κ2) is 8.08. The van der Waals surface area contributed by atoms with Crippen molar-refractivity contribution >= 4 is 11.7 Å². The van der Waals surface area contributed by atoms with E-state index in [-0.39, 0.29) is 12.5 Å². The highest BCUT2D eigenvalue weighted by molar-refractivity contribution is 5.78. The maximum Gasteiger partial charge on any atom is 0.417 e. The average molecular weight is 393 g/mol. The Kier molecular flexibility index (Phi) is 5.76. The van der Waals surface area contributed by atoms with Crippen LogP contribution in [0.15, 0.2) is 36.5 Å². The lowest BCUT2D eigenvalue weighted by atomic mass is 10.1. The van der Waals surface area contributed by atoms with Crippen LogP contribution in [0.4, 0.5) is 19.0 Å². The maximum absolute atomic E-state index is 12.6. The van der Waals surface area contributed by atoms with Gasteiger partial charge in [0, 0.05) is 32.4 Å². The minimum absolute atomic E-state index is 0.0406. The number of aromatic nitrogens is 1. The number of ether oxygens (including phenoxy) is 1. The van der Waals surface area contributed by atoms with Crippen molar-refractivity contribution in [3.63, 3.8) is 0 Å². The van der Waals surface area contributed by atoms with Gasteiger partial charge in [-0.05, 0) is 49.2 Å². The van der Waals surface area contributed by atoms with Gasteiger partial charge in [-0.1, -0.05) is 6.07 Å². The molecule has 1 aliphatic heterocycles. The lowest BCUT2D eigenvalue weighted by molar-refractivity contribution is -0.138. The normalized spacial score (nSPS) is 14.9. The molecule has 0 saturated carbocycles. The van der Waals surface area contributed by atoms with Gasteiger partial charge < -0.3 is 14.5 Å². The standard InChI is InChI=1S/C20H22F3N3O2/c1-14-3-5-17(11-15(14)2)28-13-19(27)26-9-7-25(8-10-26)18-6-4-16(12-24-18)20(21,22)23/h3-6,11-12H,7-10,13H2,1-2H3. The fourth-order valence-corrected chi connectivity index (χ4v) is 2.97. The Morgan fingerprint density at radius 2 is 1.79 bits per heavy atom. The number of rotatable bonds is 4. The number of hydrogen-bond acceptors (Lipinski definition) is 4. The number of carbonyl (C=O) groups excluding carboxylic acids is 1. The first kappa shape index (κ1) is 20.0. The van der Waals surface area contributed by atoms with Gasteiger partial charge in [0.2, 0.25) is 0 Å². The number of benzene rings is 1. The molecule has 2 heterocycles. The fraction of sp³-hybridized carbons (Fsp3) is 0.400. The number of halogens is 3. The SMILES string of the molecule is Cc1ccc(OCC(=O)N2CCN(c3ccc(C(F)(F)F)cn3)CC2)cc1C. The van der Waals surface area contributed by atoms with E-state index in [2.05, 4.69) is 4.98 Å². The number of carbonyl (C=O) groups is 1. The Balaban J connectivity index is 1.50. The number of piperazine rings is 1. The zero-order chi connectivity index (χ0) is 20.3. The first-order valence-corrected chi connectivity index (χ1v) is 9.00. The van der Waals surface area contributed by atoms with Gasteiger partial charge >= 0.3 is 6.18 Å². The molecule has 0 N–H and O–H groups in total. The highest BCUT2D eigenvalue weighted by Crippen LogP contribution is 2.29. The van der Waals surface area contributed by atoms with Gasteiger partial charge in [-0.15, -0.1) is 0 Å². The molecule has 0 radical (unpaired) electrons. The summed E-state index contributed by atoms with van der Waals surface area (Å²) in [6, 6.07) is 8.08. The van der Waals surface area contributed by atoms with Gasteiger partial charge in [0.25, 0.3) is 5.91 Å². The summed E-state index contributed by atoms with van der Waals surface area (Å²) in [6.07, 6.45) is -3.56. The van der Waals surface area contributed by atoms with Gasteiger partial charge in [0.1, 0.15) is 11.6 Å². The second-order valence-electron chi connectivity index (χ2n) is 6.81. The molecule has 3 rings (SSSR count). The van der Waals surface area contributed by atoms with Crippen LogP contribution in [0.25, 0.3) is 0 Å². The van der Waals surface area contributed by atoms with Gasteiger partial charge in [0.15, 0.2) is 6.61 Å². The largest absolute Gasteiger partial charge is 0.484 e. The lowest BCUT2D eigenvalue weighted by Crippen LogP contribution is -2.50.